The average molecular weight is 378 g/mol. The first kappa shape index (κ1) is 17.4. The number of fused-ring (bicyclic) bond motifs is 1. The lowest BCUT2D eigenvalue weighted by molar-refractivity contribution is -0.119. The molecule has 0 aliphatic rings. The van der Waals surface area contributed by atoms with Gasteiger partial charge >= 0.3 is 0 Å². The molecule has 27 heavy (non-hydrogen) atoms. The molecule has 0 radical (unpaired) electrons. The summed E-state index contributed by atoms with van der Waals surface area (Å²) in [5.41, 5.74) is 1.77. The number of rotatable bonds is 6. The number of aromatic amines is 1. The molecule has 136 valence electrons. The van der Waals surface area contributed by atoms with Crippen molar-refractivity contribution in [1.29, 1.82) is 0 Å². The number of furan rings is 1. The maximum absolute atomic E-state index is 12.3. The highest BCUT2D eigenvalue weighted by Gasteiger charge is 2.15. The molecule has 0 bridgehead atoms. The normalized spacial score (nSPS) is 12.2. The largest absolute Gasteiger partial charge is 0.459 e. The standard InChI is InChI=1S/C20H18N4O2S/c1-13(17-11-15-9-5-6-10-16(15)26-17)21-18(25)12-27-20-22-19(23-24-20)14-7-3-2-4-8-14/h2-11,13H,12H2,1H3,(H,21,25)(H,22,23,24)/t13-/m0/s1. The first-order chi connectivity index (χ1) is 13.2. The maximum Gasteiger partial charge on any atom is 0.231 e. The molecule has 0 saturated carbocycles. The first-order valence-corrected chi connectivity index (χ1v) is 9.56. The van der Waals surface area contributed by atoms with Gasteiger partial charge in [-0.1, -0.05) is 60.3 Å². The second-order valence-corrected chi connectivity index (χ2v) is 7.04. The molecular formula is C20H18N4O2S. The summed E-state index contributed by atoms with van der Waals surface area (Å²) in [5.74, 6) is 1.56. The summed E-state index contributed by atoms with van der Waals surface area (Å²) in [6, 6.07) is 19.3. The number of aromatic nitrogens is 3. The Morgan fingerprint density at radius 2 is 1.96 bits per heavy atom. The van der Waals surface area contributed by atoms with Crippen molar-refractivity contribution >= 4 is 28.6 Å². The van der Waals surface area contributed by atoms with Crippen LogP contribution in [0, 0.1) is 0 Å². The molecule has 0 aliphatic heterocycles. The molecule has 4 rings (SSSR count). The number of hydrogen-bond donors (Lipinski definition) is 2. The zero-order valence-corrected chi connectivity index (χ0v) is 15.5. The van der Waals surface area contributed by atoms with Crippen LogP contribution < -0.4 is 5.32 Å². The van der Waals surface area contributed by atoms with E-state index in [2.05, 4.69) is 20.5 Å². The van der Waals surface area contributed by atoms with Gasteiger partial charge in [0.15, 0.2) is 5.82 Å². The Balaban J connectivity index is 1.33. The molecule has 1 atom stereocenters. The predicted octanol–water partition coefficient (Wildman–Crippen LogP) is 4.19. The first-order valence-electron chi connectivity index (χ1n) is 8.57. The molecule has 0 fully saturated rings. The van der Waals surface area contributed by atoms with Crippen LogP contribution in [0.25, 0.3) is 22.4 Å². The fourth-order valence-corrected chi connectivity index (χ4v) is 3.35. The molecule has 2 heterocycles. The van der Waals surface area contributed by atoms with E-state index in [4.69, 9.17) is 4.42 Å². The van der Waals surface area contributed by atoms with E-state index in [9.17, 15) is 4.79 Å². The van der Waals surface area contributed by atoms with Gasteiger partial charge in [0.2, 0.25) is 11.1 Å². The minimum atomic E-state index is -0.211. The van der Waals surface area contributed by atoms with Gasteiger partial charge in [0.25, 0.3) is 0 Å². The summed E-state index contributed by atoms with van der Waals surface area (Å²) in [5, 5.41) is 11.6. The number of H-pyrrole nitrogens is 1. The van der Waals surface area contributed by atoms with Gasteiger partial charge in [-0.15, -0.1) is 5.10 Å². The van der Waals surface area contributed by atoms with Crippen LogP contribution in [0.5, 0.6) is 0 Å². The molecular weight excluding hydrogens is 360 g/mol. The monoisotopic (exact) mass is 378 g/mol. The molecule has 7 heteroatoms. The average Bonchev–Trinajstić information content (AvgIpc) is 3.34. The highest BCUT2D eigenvalue weighted by atomic mass is 32.2. The number of hydrogen-bond acceptors (Lipinski definition) is 5. The van der Waals surface area contributed by atoms with Crippen molar-refractivity contribution in [2.45, 2.75) is 18.1 Å². The molecule has 2 aromatic heterocycles. The molecule has 2 N–H and O–H groups in total. The zero-order valence-electron chi connectivity index (χ0n) is 14.7. The number of para-hydroxylation sites is 1. The van der Waals surface area contributed by atoms with E-state index in [0.717, 1.165) is 22.3 Å². The Morgan fingerprint density at radius 3 is 2.78 bits per heavy atom. The van der Waals surface area contributed by atoms with Crippen LogP contribution in [-0.4, -0.2) is 26.8 Å². The quantitative estimate of drug-likeness (QED) is 0.492. The highest BCUT2D eigenvalue weighted by Crippen LogP contribution is 2.24. The third kappa shape index (κ3) is 4.03. The van der Waals surface area contributed by atoms with Crippen LogP contribution in [0.3, 0.4) is 0 Å². The van der Waals surface area contributed by atoms with Crippen LogP contribution in [0.2, 0.25) is 0 Å². The lowest BCUT2D eigenvalue weighted by Crippen LogP contribution is -2.27. The number of carbonyl (C=O) groups excluding carboxylic acids is 1. The van der Waals surface area contributed by atoms with E-state index in [-0.39, 0.29) is 17.7 Å². The maximum atomic E-state index is 12.3. The summed E-state index contributed by atoms with van der Waals surface area (Å²) < 4.78 is 5.79. The van der Waals surface area contributed by atoms with Crippen LogP contribution in [-0.2, 0) is 4.79 Å². The van der Waals surface area contributed by atoms with Gasteiger partial charge < -0.3 is 9.73 Å². The summed E-state index contributed by atoms with van der Waals surface area (Å²) in [6.45, 7) is 1.90. The minimum Gasteiger partial charge on any atom is -0.459 e. The van der Waals surface area contributed by atoms with E-state index in [1.54, 1.807) is 0 Å². The summed E-state index contributed by atoms with van der Waals surface area (Å²) in [4.78, 5) is 16.7. The number of thioether (sulfide) groups is 1. The zero-order chi connectivity index (χ0) is 18.6. The lowest BCUT2D eigenvalue weighted by Gasteiger charge is -2.10. The Labute approximate surface area is 160 Å². The molecule has 6 nitrogen and oxygen atoms in total. The van der Waals surface area contributed by atoms with E-state index in [1.807, 2.05) is 67.6 Å². The molecule has 0 aliphatic carbocycles. The van der Waals surface area contributed by atoms with Crippen molar-refractivity contribution in [2.75, 3.05) is 5.75 Å². The van der Waals surface area contributed by atoms with E-state index in [1.165, 1.54) is 11.8 Å². The third-order valence-corrected chi connectivity index (χ3v) is 4.94. The smallest absolute Gasteiger partial charge is 0.231 e. The van der Waals surface area contributed by atoms with Crippen LogP contribution in [0.1, 0.15) is 18.7 Å². The number of amides is 1. The molecule has 4 aromatic rings. The van der Waals surface area contributed by atoms with Crippen LogP contribution in [0.15, 0.2) is 70.2 Å². The van der Waals surface area contributed by atoms with Crippen molar-refractivity contribution in [3.05, 3.63) is 66.4 Å². The Hall–Kier alpha value is -3.06. The van der Waals surface area contributed by atoms with Crippen molar-refractivity contribution in [3.8, 4) is 11.4 Å². The molecule has 0 spiro atoms. The fourth-order valence-electron chi connectivity index (χ4n) is 2.74. The van der Waals surface area contributed by atoms with Crippen molar-refractivity contribution < 1.29 is 9.21 Å². The van der Waals surface area contributed by atoms with Crippen LogP contribution >= 0.6 is 11.8 Å². The van der Waals surface area contributed by atoms with Crippen molar-refractivity contribution in [2.24, 2.45) is 0 Å². The second-order valence-electron chi connectivity index (χ2n) is 6.10. The van der Waals surface area contributed by atoms with Crippen molar-refractivity contribution in [3.63, 3.8) is 0 Å². The number of carbonyl (C=O) groups is 1. The van der Waals surface area contributed by atoms with Crippen molar-refractivity contribution in [1.82, 2.24) is 20.5 Å². The van der Waals surface area contributed by atoms with Gasteiger partial charge in [0.05, 0.1) is 11.8 Å². The molecule has 0 unspecified atom stereocenters. The number of nitrogens with zero attached hydrogens (tertiary/aromatic N) is 2. The Kier molecular flexibility index (Phi) is 4.93. The Bertz CT molecular complexity index is 1020. The summed E-state index contributed by atoms with van der Waals surface area (Å²) in [7, 11) is 0. The van der Waals surface area contributed by atoms with Crippen LogP contribution in [0.4, 0.5) is 0 Å². The third-order valence-electron chi connectivity index (χ3n) is 4.09. The highest BCUT2D eigenvalue weighted by molar-refractivity contribution is 7.99. The fraction of sp³-hybridized carbons (Fsp3) is 0.150. The Morgan fingerprint density at radius 1 is 1.19 bits per heavy atom. The second kappa shape index (κ2) is 7.67. The van der Waals surface area contributed by atoms with Gasteiger partial charge in [-0.3, -0.25) is 9.89 Å². The molecule has 1 amide bonds. The van der Waals surface area contributed by atoms with Gasteiger partial charge in [-0.2, -0.15) is 0 Å². The van der Waals surface area contributed by atoms with E-state index >= 15 is 0 Å². The van der Waals surface area contributed by atoms with Gasteiger partial charge in [-0.25, -0.2) is 4.98 Å². The van der Waals surface area contributed by atoms with E-state index in [0.29, 0.717) is 11.0 Å². The SMILES string of the molecule is C[C@H](NC(=O)CSc1n[nH]c(-c2ccccc2)n1)c1cc2ccccc2o1. The molecule has 2 aromatic carbocycles. The minimum absolute atomic E-state index is 0.0981. The predicted molar refractivity (Wildman–Crippen MR) is 105 cm³/mol. The lowest BCUT2D eigenvalue weighted by atomic mass is 10.2. The van der Waals surface area contributed by atoms with Gasteiger partial charge in [0, 0.05) is 10.9 Å². The van der Waals surface area contributed by atoms with Gasteiger partial charge in [0.1, 0.15) is 11.3 Å². The van der Waals surface area contributed by atoms with E-state index < -0.39 is 0 Å². The van der Waals surface area contributed by atoms with Gasteiger partial charge in [-0.05, 0) is 19.1 Å². The number of benzene rings is 2. The molecule has 0 saturated heterocycles. The summed E-state index contributed by atoms with van der Waals surface area (Å²) in [6.07, 6.45) is 0. The topological polar surface area (TPSA) is 83.8 Å². The summed E-state index contributed by atoms with van der Waals surface area (Å²) >= 11 is 1.29. The number of nitrogens with one attached hydrogen (secondary N) is 2.